The van der Waals surface area contributed by atoms with E-state index < -0.39 is 12.1 Å². The Morgan fingerprint density at radius 3 is 1.16 bits per heavy atom. The van der Waals surface area contributed by atoms with Gasteiger partial charge in [0.1, 0.15) is 0 Å². The van der Waals surface area contributed by atoms with E-state index in [-0.39, 0.29) is 18.5 Å². The van der Waals surface area contributed by atoms with Gasteiger partial charge in [-0.15, -0.1) is 0 Å². The van der Waals surface area contributed by atoms with Crippen LogP contribution in [-0.2, 0) is 14.3 Å². The number of nitrogens with one attached hydrogen (secondary N) is 1. The lowest BCUT2D eigenvalue weighted by molar-refractivity contribution is -0.143. The zero-order valence-electron chi connectivity index (χ0n) is 41.6. The maximum Gasteiger partial charge on any atom is 0.305 e. The monoisotopic (exact) mass is 874 g/mol. The van der Waals surface area contributed by atoms with E-state index in [1.165, 1.54) is 199 Å². The van der Waals surface area contributed by atoms with Crippen LogP contribution in [0.3, 0.4) is 0 Å². The highest BCUT2D eigenvalue weighted by Crippen LogP contribution is 2.16. The largest absolute Gasteiger partial charge is 0.466 e. The Labute approximate surface area is 386 Å². The first kappa shape index (κ1) is 60.3. The lowest BCUT2D eigenvalue weighted by Gasteiger charge is -2.19. The zero-order chi connectivity index (χ0) is 45.1. The molecule has 0 spiro atoms. The second kappa shape index (κ2) is 52.0. The molecule has 0 aliphatic rings. The fraction of sp³-hybridized carbons (Fsp3) is 0.893. The normalized spacial score (nSPS) is 12.8. The van der Waals surface area contributed by atoms with Crippen molar-refractivity contribution in [2.24, 2.45) is 0 Å². The van der Waals surface area contributed by atoms with Crippen LogP contribution in [0.5, 0.6) is 0 Å². The van der Waals surface area contributed by atoms with E-state index in [9.17, 15) is 19.8 Å². The molecule has 0 aliphatic heterocycles. The molecule has 6 heteroatoms. The van der Waals surface area contributed by atoms with Crippen LogP contribution in [0.15, 0.2) is 24.3 Å². The van der Waals surface area contributed by atoms with Gasteiger partial charge >= 0.3 is 5.97 Å². The average molecular weight is 874 g/mol. The summed E-state index contributed by atoms with van der Waals surface area (Å²) in [5.74, 6) is -0.109. The van der Waals surface area contributed by atoms with Gasteiger partial charge in [0.05, 0.1) is 25.4 Å². The predicted molar refractivity (Wildman–Crippen MR) is 269 cm³/mol. The summed E-state index contributed by atoms with van der Waals surface area (Å²) >= 11 is 0. The van der Waals surface area contributed by atoms with Crippen molar-refractivity contribution in [2.75, 3.05) is 13.2 Å². The summed E-state index contributed by atoms with van der Waals surface area (Å²) in [6, 6.07) is -0.648. The number of aliphatic hydroxyl groups is 2. The molecule has 0 bridgehead atoms. The molecule has 2 atom stereocenters. The molecular weight excluding hydrogens is 767 g/mol. The highest BCUT2D eigenvalue weighted by Gasteiger charge is 2.18. The van der Waals surface area contributed by atoms with E-state index in [2.05, 4.69) is 31.3 Å². The third-order valence-corrected chi connectivity index (χ3v) is 12.7. The number of carbonyl (C=O) groups is 2. The number of esters is 1. The van der Waals surface area contributed by atoms with Crippen LogP contribution in [0.2, 0.25) is 0 Å². The minimum absolute atomic E-state index is 0.0131. The molecule has 2 unspecified atom stereocenters. The molecule has 0 aromatic heterocycles. The second-order valence-electron chi connectivity index (χ2n) is 18.9. The van der Waals surface area contributed by atoms with E-state index >= 15 is 0 Å². The minimum atomic E-state index is -0.861. The van der Waals surface area contributed by atoms with Crippen LogP contribution in [0, 0.1) is 0 Å². The number of carbonyl (C=O) groups excluding carboxylic acids is 2. The number of unbranched alkanes of at least 4 members (excludes halogenated alkanes) is 38. The highest BCUT2D eigenvalue weighted by molar-refractivity contribution is 5.76. The molecular formula is C56H107NO5. The van der Waals surface area contributed by atoms with E-state index in [4.69, 9.17) is 4.74 Å². The Balaban J connectivity index is 3.53. The molecule has 0 aromatic carbocycles. The Morgan fingerprint density at radius 1 is 0.435 bits per heavy atom. The van der Waals surface area contributed by atoms with Crippen LogP contribution < -0.4 is 5.32 Å². The summed E-state index contributed by atoms with van der Waals surface area (Å²) in [7, 11) is 0. The third-order valence-electron chi connectivity index (χ3n) is 12.7. The summed E-state index contributed by atoms with van der Waals surface area (Å²) in [5, 5.41) is 23.1. The minimum Gasteiger partial charge on any atom is -0.466 e. The van der Waals surface area contributed by atoms with Gasteiger partial charge in [-0.2, -0.15) is 0 Å². The summed E-state index contributed by atoms with van der Waals surface area (Å²) in [4.78, 5) is 24.5. The third kappa shape index (κ3) is 47.8. The molecule has 0 saturated heterocycles. The summed E-state index contributed by atoms with van der Waals surface area (Å²) < 4.78 is 5.45. The number of allylic oxidation sites excluding steroid dienone is 3. The number of hydrogen-bond acceptors (Lipinski definition) is 5. The fourth-order valence-corrected chi connectivity index (χ4v) is 8.45. The van der Waals surface area contributed by atoms with Crippen molar-refractivity contribution in [3.8, 4) is 0 Å². The molecule has 1 amide bonds. The van der Waals surface area contributed by atoms with Gasteiger partial charge in [-0.05, 0) is 57.8 Å². The molecule has 62 heavy (non-hydrogen) atoms. The fourth-order valence-electron chi connectivity index (χ4n) is 8.45. The molecule has 0 radical (unpaired) electrons. The van der Waals surface area contributed by atoms with Gasteiger partial charge in [-0.3, -0.25) is 9.59 Å². The first-order valence-corrected chi connectivity index (χ1v) is 27.6. The average Bonchev–Trinajstić information content (AvgIpc) is 3.27. The number of rotatable bonds is 51. The second-order valence-corrected chi connectivity index (χ2v) is 18.9. The maximum absolute atomic E-state index is 12.4. The first-order valence-electron chi connectivity index (χ1n) is 27.6. The number of hydrogen-bond donors (Lipinski definition) is 3. The highest BCUT2D eigenvalue weighted by atomic mass is 16.5. The smallest absolute Gasteiger partial charge is 0.305 e. The quantitative estimate of drug-likeness (QED) is 0.0321. The Bertz CT molecular complexity index is 966. The van der Waals surface area contributed by atoms with E-state index in [0.29, 0.717) is 19.4 Å². The molecule has 366 valence electrons. The number of aliphatic hydroxyl groups excluding tert-OH is 2. The van der Waals surface area contributed by atoms with Crippen molar-refractivity contribution in [1.29, 1.82) is 0 Å². The molecule has 0 aromatic rings. The first-order chi connectivity index (χ1) is 30.5. The zero-order valence-corrected chi connectivity index (χ0v) is 41.6. The molecule has 0 aliphatic carbocycles. The van der Waals surface area contributed by atoms with E-state index in [1.807, 2.05) is 6.08 Å². The maximum atomic E-state index is 12.4. The topological polar surface area (TPSA) is 95.9 Å². The van der Waals surface area contributed by atoms with Crippen molar-refractivity contribution in [1.82, 2.24) is 5.32 Å². The van der Waals surface area contributed by atoms with Crippen LogP contribution >= 0.6 is 0 Å². The Hall–Kier alpha value is -1.66. The van der Waals surface area contributed by atoms with Gasteiger partial charge in [0, 0.05) is 12.8 Å². The SMILES string of the molecule is CCCCCCCCCCCCCCCCCCCC/C=C/C(O)C(CO)NC(=O)CCCCC/C=C\CCCCCCCCOC(=O)CCCCCCCCCCCCCC. The van der Waals surface area contributed by atoms with Crippen molar-refractivity contribution in [3.63, 3.8) is 0 Å². The van der Waals surface area contributed by atoms with Crippen molar-refractivity contribution >= 4 is 11.9 Å². The number of amides is 1. The van der Waals surface area contributed by atoms with Crippen LogP contribution in [0.4, 0.5) is 0 Å². The Morgan fingerprint density at radius 2 is 0.758 bits per heavy atom. The predicted octanol–water partition coefficient (Wildman–Crippen LogP) is 16.7. The van der Waals surface area contributed by atoms with Gasteiger partial charge in [-0.1, -0.05) is 250 Å². The molecule has 6 nitrogen and oxygen atoms in total. The molecule has 0 fully saturated rings. The van der Waals surface area contributed by atoms with Crippen molar-refractivity contribution in [3.05, 3.63) is 24.3 Å². The van der Waals surface area contributed by atoms with E-state index in [1.54, 1.807) is 6.08 Å². The van der Waals surface area contributed by atoms with Gasteiger partial charge in [0.2, 0.25) is 5.91 Å². The lowest BCUT2D eigenvalue weighted by Crippen LogP contribution is -2.45. The van der Waals surface area contributed by atoms with Crippen LogP contribution in [0.1, 0.15) is 296 Å². The summed E-state index contributed by atoms with van der Waals surface area (Å²) in [5.41, 5.74) is 0. The molecule has 3 N–H and O–H groups in total. The summed E-state index contributed by atoms with van der Waals surface area (Å²) in [6.45, 7) is 4.87. The molecule has 0 rings (SSSR count). The Kier molecular flexibility index (Phi) is 50.6. The van der Waals surface area contributed by atoms with Crippen molar-refractivity contribution in [2.45, 2.75) is 309 Å². The van der Waals surface area contributed by atoms with Crippen LogP contribution in [0.25, 0.3) is 0 Å². The molecule has 0 saturated carbocycles. The van der Waals surface area contributed by atoms with Crippen LogP contribution in [-0.4, -0.2) is 47.4 Å². The van der Waals surface area contributed by atoms with Gasteiger partial charge in [0.15, 0.2) is 0 Å². The number of ether oxygens (including phenoxy) is 1. The lowest BCUT2D eigenvalue weighted by atomic mass is 10.0. The van der Waals surface area contributed by atoms with Gasteiger partial charge in [-0.25, -0.2) is 0 Å². The van der Waals surface area contributed by atoms with Gasteiger partial charge < -0.3 is 20.3 Å². The summed E-state index contributed by atoms with van der Waals surface area (Å²) in [6.07, 6.45) is 61.9. The molecule has 0 heterocycles. The standard InChI is InChI=1S/C56H107NO5/c1-3-5-7-9-11-13-15-17-18-19-20-21-22-23-25-28-32-36-40-44-48-54(59)53(52-58)57-55(60)49-45-41-37-33-29-26-24-27-31-35-39-43-47-51-62-56(61)50-46-42-38-34-30-16-14-12-10-8-6-4-2/h26,29,44,48,53-54,58-59H,3-25,27-28,30-43,45-47,49-52H2,1-2H3,(H,57,60)/b29-26-,48-44+. The van der Waals surface area contributed by atoms with E-state index in [0.717, 1.165) is 70.6 Å². The van der Waals surface area contributed by atoms with Gasteiger partial charge in [0.25, 0.3) is 0 Å². The van der Waals surface area contributed by atoms with Crippen molar-refractivity contribution < 1.29 is 24.5 Å².